The highest BCUT2D eigenvalue weighted by molar-refractivity contribution is 7.14. The second-order valence-corrected chi connectivity index (χ2v) is 6.51. The van der Waals surface area contributed by atoms with Crippen molar-refractivity contribution in [1.29, 1.82) is 0 Å². The van der Waals surface area contributed by atoms with Crippen molar-refractivity contribution in [2.24, 2.45) is 0 Å². The maximum atomic E-state index is 13.6. The van der Waals surface area contributed by atoms with Crippen molar-refractivity contribution >= 4 is 28.1 Å². The SMILES string of the molecule is CC(=O)N(c1cccc(C)c1)c1nc(COc2ccc(F)cc2F)cs1. The van der Waals surface area contributed by atoms with E-state index < -0.39 is 11.6 Å². The van der Waals surface area contributed by atoms with Gasteiger partial charge in [0.2, 0.25) is 5.91 Å². The molecule has 134 valence electrons. The van der Waals surface area contributed by atoms with E-state index in [0.29, 0.717) is 10.8 Å². The highest BCUT2D eigenvalue weighted by Crippen LogP contribution is 2.30. The predicted octanol–water partition coefficient (Wildman–Crippen LogP) is 4.99. The summed E-state index contributed by atoms with van der Waals surface area (Å²) in [7, 11) is 0. The summed E-state index contributed by atoms with van der Waals surface area (Å²) in [5, 5.41) is 2.24. The molecule has 0 N–H and O–H groups in total. The molecule has 2 aromatic carbocycles. The lowest BCUT2D eigenvalue weighted by Gasteiger charge is -2.18. The van der Waals surface area contributed by atoms with Gasteiger partial charge in [-0.25, -0.2) is 13.8 Å². The summed E-state index contributed by atoms with van der Waals surface area (Å²) in [4.78, 5) is 18.0. The lowest BCUT2D eigenvalue weighted by molar-refractivity contribution is -0.115. The van der Waals surface area contributed by atoms with E-state index >= 15 is 0 Å². The second-order valence-electron chi connectivity index (χ2n) is 5.68. The van der Waals surface area contributed by atoms with Gasteiger partial charge in [0.05, 0.1) is 11.4 Å². The van der Waals surface area contributed by atoms with Crippen LogP contribution in [0, 0.1) is 18.6 Å². The van der Waals surface area contributed by atoms with E-state index in [-0.39, 0.29) is 18.3 Å². The third kappa shape index (κ3) is 4.05. The number of aryl methyl sites for hydroxylation is 1. The van der Waals surface area contributed by atoms with Crippen LogP contribution < -0.4 is 9.64 Å². The summed E-state index contributed by atoms with van der Waals surface area (Å²) in [5.41, 5.74) is 2.30. The molecule has 7 heteroatoms. The largest absolute Gasteiger partial charge is 0.484 e. The Morgan fingerprint density at radius 1 is 1.23 bits per heavy atom. The number of carbonyl (C=O) groups excluding carboxylic acids is 1. The molecule has 0 aliphatic carbocycles. The van der Waals surface area contributed by atoms with Gasteiger partial charge in [-0.1, -0.05) is 12.1 Å². The average Bonchev–Trinajstić information content (AvgIpc) is 3.02. The van der Waals surface area contributed by atoms with E-state index in [1.54, 1.807) is 5.38 Å². The molecular formula is C19H16F2N2O2S. The van der Waals surface area contributed by atoms with Gasteiger partial charge >= 0.3 is 0 Å². The summed E-state index contributed by atoms with van der Waals surface area (Å²) in [6.45, 7) is 3.42. The number of rotatable bonds is 5. The molecular weight excluding hydrogens is 358 g/mol. The average molecular weight is 374 g/mol. The molecule has 1 aromatic heterocycles. The molecule has 0 unspecified atom stereocenters. The number of thiazole rings is 1. The van der Waals surface area contributed by atoms with Crippen LogP contribution in [0.2, 0.25) is 0 Å². The minimum Gasteiger partial charge on any atom is -0.484 e. The molecule has 3 rings (SSSR count). The number of ether oxygens (including phenoxy) is 1. The Balaban J connectivity index is 1.78. The van der Waals surface area contributed by atoms with Crippen molar-refractivity contribution in [3.05, 3.63) is 70.7 Å². The van der Waals surface area contributed by atoms with Gasteiger partial charge in [-0.15, -0.1) is 11.3 Å². The predicted molar refractivity (Wildman–Crippen MR) is 96.8 cm³/mol. The summed E-state index contributed by atoms with van der Waals surface area (Å²) in [5.74, 6) is -1.66. The fourth-order valence-electron chi connectivity index (χ4n) is 2.40. The van der Waals surface area contributed by atoms with Crippen LogP contribution in [0.3, 0.4) is 0 Å². The lowest BCUT2D eigenvalue weighted by atomic mass is 10.2. The molecule has 1 heterocycles. The number of benzene rings is 2. The molecule has 0 saturated heterocycles. The van der Waals surface area contributed by atoms with Crippen LogP contribution in [0.15, 0.2) is 47.8 Å². The number of hydrogen-bond acceptors (Lipinski definition) is 4. The highest BCUT2D eigenvalue weighted by Gasteiger charge is 2.18. The van der Waals surface area contributed by atoms with E-state index in [2.05, 4.69) is 4.98 Å². The maximum Gasteiger partial charge on any atom is 0.230 e. The first-order valence-electron chi connectivity index (χ1n) is 7.83. The zero-order valence-corrected chi connectivity index (χ0v) is 15.0. The Morgan fingerprint density at radius 2 is 2.04 bits per heavy atom. The van der Waals surface area contributed by atoms with Gasteiger partial charge in [-0.05, 0) is 36.8 Å². The molecule has 0 atom stereocenters. The number of anilines is 2. The second kappa shape index (κ2) is 7.61. The number of carbonyl (C=O) groups is 1. The standard InChI is InChI=1S/C19H16F2N2O2S/c1-12-4-3-5-16(8-12)23(13(2)24)19-22-15(11-26-19)10-25-18-7-6-14(20)9-17(18)21/h3-9,11H,10H2,1-2H3. The molecule has 0 radical (unpaired) electrons. The smallest absolute Gasteiger partial charge is 0.230 e. The van der Waals surface area contributed by atoms with Gasteiger partial charge in [-0.3, -0.25) is 9.69 Å². The molecule has 0 fully saturated rings. The fourth-order valence-corrected chi connectivity index (χ4v) is 3.27. The van der Waals surface area contributed by atoms with Gasteiger partial charge in [0.1, 0.15) is 12.4 Å². The van der Waals surface area contributed by atoms with Gasteiger partial charge < -0.3 is 4.74 Å². The van der Waals surface area contributed by atoms with Gasteiger partial charge in [0.15, 0.2) is 16.7 Å². The molecule has 3 aromatic rings. The Kier molecular flexibility index (Phi) is 5.27. The molecule has 0 spiro atoms. The molecule has 0 aliphatic heterocycles. The lowest BCUT2D eigenvalue weighted by Crippen LogP contribution is -2.22. The van der Waals surface area contributed by atoms with E-state index in [0.717, 1.165) is 23.4 Å². The van der Waals surface area contributed by atoms with E-state index in [1.807, 2.05) is 31.2 Å². The molecule has 0 aliphatic rings. The van der Waals surface area contributed by atoms with Crippen LogP contribution in [0.5, 0.6) is 5.75 Å². The molecule has 26 heavy (non-hydrogen) atoms. The minimum absolute atomic E-state index is 0.0125. The summed E-state index contributed by atoms with van der Waals surface area (Å²) >= 11 is 1.29. The summed E-state index contributed by atoms with van der Waals surface area (Å²) in [6, 6.07) is 10.7. The van der Waals surface area contributed by atoms with Crippen molar-refractivity contribution < 1.29 is 18.3 Å². The first-order valence-corrected chi connectivity index (χ1v) is 8.71. The topological polar surface area (TPSA) is 42.4 Å². The third-order valence-electron chi connectivity index (χ3n) is 3.58. The van der Waals surface area contributed by atoms with Gasteiger partial charge in [0.25, 0.3) is 0 Å². The number of halogens is 2. The van der Waals surface area contributed by atoms with Crippen LogP contribution in [0.1, 0.15) is 18.2 Å². The van der Waals surface area contributed by atoms with Crippen molar-refractivity contribution in [2.75, 3.05) is 4.90 Å². The fraction of sp³-hybridized carbons (Fsp3) is 0.158. The maximum absolute atomic E-state index is 13.6. The first kappa shape index (κ1) is 18.0. The van der Waals surface area contributed by atoms with Crippen LogP contribution in [0.25, 0.3) is 0 Å². The Labute approximate surface area is 153 Å². The number of amides is 1. The van der Waals surface area contributed by atoms with Gasteiger partial charge in [-0.2, -0.15) is 0 Å². The van der Waals surface area contributed by atoms with Gasteiger partial charge in [0, 0.05) is 18.4 Å². The molecule has 0 bridgehead atoms. The monoisotopic (exact) mass is 374 g/mol. The van der Waals surface area contributed by atoms with Crippen LogP contribution in [0.4, 0.5) is 19.6 Å². The zero-order chi connectivity index (χ0) is 18.7. The van der Waals surface area contributed by atoms with Crippen LogP contribution in [-0.4, -0.2) is 10.9 Å². The number of nitrogens with zero attached hydrogens (tertiary/aromatic N) is 2. The van der Waals surface area contributed by atoms with Crippen LogP contribution >= 0.6 is 11.3 Å². The van der Waals surface area contributed by atoms with Crippen LogP contribution in [-0.2, 0) is 11.4 Å². The van der Waals surface area contributed by atoms with E-state index in [9.17, 15) is 13.6 Å². The summed E-state index contributed by atoms with van der Waals surface area (Å²) < 4.78 is 31.9. The Bertz CT molecular complexity index is 943. The van der Waals surface area contributed by atoms with Crippen molar-refractivity contribution in [2.45, 2.75) is 20.5 Å². The van der Waals surface area contributed by atoms with Crippen molar-refractivity contribution in [3.63, 3.8) is 0 Å². The first-order chi connectivity index (χ1) is 12.4. The normalized spacial score (nSPS) is 10.6. The Hall–Kier alpha value is -2.80. The minimum atomic E-state index is -0.773. The van der Waals surface area contributed by atoms with E-state index in [4.69, 9.17) is 4.74 Å². The zero-order valence-electron chi connectivity index (χ0n) is 14.2. The van der Waals surface area contributed by atoms with Crippen molar-refractivity contribution in [3.8, 4) is 5.75 Å². The van der Waals surface area contributed by atoms with E-state index in [1.165, 1.54) is 29.2 Å². The third-order valence-corrected chi connectivity index (χ3v) is 4.45. The van der Waals surface area contributed by atoms with Crippen molar-refractivity contribution in [1.82, 2.24) is 4.98 Å². The molecule has 0 saturated carbocycles. The quantitative estimate of drug-likeness (QED) is 0.632. The molecule has 4 nitrogen and oxygen atoms in total. The highest BCUT2D eigenvalue weighted by atomic mass is 32.1. The number of hydrogen-bond donors (Lipinski definition) is 0. The molecule has 1 amide bonds. The Morgan fingerprint density at radius 3 is 2.73 bits per heavy atom. The number of aromatic nitrogens is 1. The summed E-state index contributed by atoms with van der Waals surface area (Å²) in [6.07, 6.45) is 0.